The van der Waals surface area contributed by atoms with E-state index in [-0.39, 0.29) is 31.8 Å². The summed E-state index contributed by atoms with van der Waals surface area (Å²) in [6.45, 7) is 1.43. The maximum Gasteiger partial charge on any atom is 0.407 e. The average molecular weight is 349 g/mol. The molecule has 1 aromatic rings. The second kappa shape index (κ2) is 10.8. The fourth-order valence-electron chi connectivity index (χ4n) is 1.94. The van der Waals surface area contributed by atoms with E-state index in [1.807, 2.05) is 18.2 Å². The monoisotopic (exact) mass is 349 g/mol. The molecule has 0 saturated carbocycles. The maximum atomic E-state index is 11.8. The highest BCUT2D eigenvalue weighted by molar-refractivity contribution is 5.89. The lowest BCUT2D eigenvalue weighted by Crippen LogP contribution is -2.48. The number of ketones is 1. The quantitative estimate of drug-likeness (QED) is 0.571. The Hall–Kier alpha value is -2.90. The average Bonchev–Trinajstić information content (AvgIpc) is 2.61. The maximum absolute atomic E-state index is 11.8. The van der Waals surface area contributed by atoms with Gasteiger partial charge in [0.25, 0.3) is 0 Å². The van der Waals surface area contributed by atoms with Crippen molar-refractivity contribution in [2.24, 2.45) is 5.73 Å². The number of ether oxygens (including phenoxy) is 1. The van der Waals surface area contributed by atoms with Gasteiger partial charge >= 0.3 is 6.09 Å². The molecule has 0 unspecified atom stereocenters. The highest BCUT2D eigenvalue weighted by Crippen LogP contribution is 2.01. The van der Waals surface area contributed by atoms with Crippen LogP contribution in [0.1, 0.15) is 31.7 Å². The largest absolute Gasteiger partial charge is 0.445 e. The predicted octanol–water partition coefficient (Wildman–Crippen LogP) is 0.642. The molecule has 8 heteroatoms. The number of benzene rings is 1. The predicted molar refractivity (Wildman–Crippen MR) is 90.3 cm³/mol. The van der Waals surface area contributed by atoms with Gasteiger partial charge in [-0.05, 0) is 12.0 Å². The molecule has 0 saturated heterocycles. The Balaban J connectivity index is 2.32. The lowest BCUT2D eigenvalue weighted by Gasteiger charge is -2.15. The topological polar surface area (TPSA) is 128 Å². The van der Waals surface area contributed by atoms with E-state index < -0.39 is 23.9 Å². The molecule has 25 heavy (non-hydrogen) atoms. The smallest absolute Gasteiger partial charge is 0.407 e. The van der Waals surface area contributed by atoms with Gasteiger partial charge in [0.15, 0.2) is 0 Å². The van der Waals surface area contributed by atoms with Crippen molar-refractivity contribution in [3.05, 3.63) is 35.9 Å². The molecule has 1 rings (SSSR count). The molecule has 3 amide bonds. The molecule has 0 heterocycles. The first-order valence-electron chi connectivity index (χ1n) is 7.97. The van der Waals surface area contributed by atoms with Gasteiger partial charge < -0.3 is 21.1 Å². The molecule has 136 valence electrons. The minimum Gasteiger partial charge on any atom is -0.445 e. The number of nitrogens with two attached hydrogens (primary N) is 1. The summed E-state index contributed by atoms with van der Waals surface area (Å²) in [6.07, 6.45) is -0.118. The molecular weight excluding hydrogens is 326 g/mol. The Morgan fingerprint density at radius 3 is 2.44 bits per heavy atom. The second-order valence-electron chi connectivity index (χ2n) is 5.37. The summed E-state index contributed by atoms with van der Waals surface area (Å²) in [5.74, 6) is -1.35. The van der Waals surface area contributed by atoms with Gasteiger partial charge in [0, 0.05) is 12.8 Å². The van der Waals surface area contributed by atoms with Gasteiger partial charge in [-0.1, -0.05) is 37.3 Å². The SMILES string of the molecule is CCC(=O)CC[C@H](NC(=O)CNC(=O)OCc1ccccc1)C(N)=O. The van der Waals surface area contributed by atoms with E-state index in [2.05, 4.69) is 10.6 Å². The molecule has 0 bridgehead atoms. The summed E-state index contributed by atoms with van der Waals surface area (Å²) in [5, 5.41) is 4.67. The summed E-state index contributed by atoms with van der Waals surface area (Å²) in [6, 6.07) is 8.13. The van der Waals surface area contributed by atoms with Crippen LogP contribution >= 0.6 is 0 Å². The third-order valence-electron chi connectivity index (χ3n) is 3.39. The highest BCUT2D eigenvalue weighted by atomic mass is 16.5. The number of nitrogens with one attached hydrogen (secondary N) is 2. The number of hydrogen-bond acceptors (Lipinski definition) is 5. The number of hydrogen-bond donors (Lipinski definition) is 3. The zero-order chi connectivity index (χ0) is 18.7. The number of carbonyl (C=O) groups excluding carboxylic acids is 4. The molecule has 0 aliphatic rings. The first-order chi connectivity index (χ1) is 11.9. The molecule has 4 N–H and O–H groups in total. The second-order valence-corrected chi connectivity index (χ2v) is 5.37. The lowest BCUT2D eigenvalue weighted by molar-refractivity contribution is -0.127. The van der Waals surface area contributed by atoms with Crippen molar-refractivity contribution in [2.45, 2.75) is 38.8 Å². The van der Waals surface area contributed by atoms with Crippen molar-refractivity contribution in [2.75, 3.05) is 6.54 Å². The Morgan fingerprint density at radius 2 is 1.84 bits per heavy atom. The van der Waals surface area contributed by atoms with Crippen molar-refractivity contribution < 1.29 is 23.9 Å². The van der Waals surface area contributed by atoms with Crippen LogP contribution in [0.2, 0.25) is 0 Å². The number of rotatable bonds is 10. The number of alkyl carbamates (subject to hydrolysis) is 1. The molecule has 1 aromatic carbocycles. The van der Waals surface area contributed by atoms with E-state index in [0.717, 1.165) is 5.56 Å². The zero-order valence-electron chi connectivity index (χ0n) is 14.1. The van der Waals surface area contributed by atoms with Gasteiger partial charge in [0.1, 0.15) is 25.0 Å². The number of carbonyl (C=O) groups is 4. The molecular formula is C17H23N3O5. The van der Waals surface area contributed by atoms with Gasteiger partial charge in [-0.25, -0.2) is 4.79 Å². The Kier molecular flexibility index (Phi) is 8.70. The minimum atomic E-state index is -0.954. The number of amides is 3. The van der Waals surface area contributed by atoms with Crippen molar-refractivity contribution >= 4 is 23.7 Å². The highest BCUT2D eigenvalue weighted by Gasteiger charge is 2.19. The summed E-state index contributed by atoms with van der Waals surface area (Å²) in [4.78, 5) is 45.9. The van der Waals surface area contributed by atoms with Gasteiger partial charge in [0.05, 0.1) is 0 Å². The summed E-state index contributed by atoms with van der Waals surface area (Å²) < 4.78 is 4.96. The fraction of sp³-hybridized carbons (Fsp3) is 0.412. The third kappa shape index (κ3) is 8.50. The molecule has 1 atom stereocenters. The lowest BCUT2D eigenvalue weighted by atomic mass is 10.1. The Bertz CT molecular complexity index is 604. The summed E-state index contributed by atoms with van der Waals surface area (Å²) in [7, 11) is 0. The molecule has 0 aliphatic carbocycles. The number of Topliss-reactive ketones (excluding diaryl/α,β-unsaturated/α-hetero) is 1. The molecule has 0 spiro atoms. The molecule has 0 aliphatic heterocycles. The summed E-state index contributed by atoms with van der Waals surface area (Å²) >= 11 is 0. The van der Waals surface area contributed by atoms with Crippen LogP contribution in [0.3, 0.4) is 0 Å². The van der Waals surface area contributed by atoms with E-state index in [1.165, 1.54) is 0 Å². The van der Waals surface area contributed by atoms with E-state index >= 15 is 0 Å². The van der Waals surface area contributed by atoms with Crippen molar-refractivity contribution in [1.82, 2.24) is 10.6 Å². The van der Waals surface area contributed by atoms with Gasteiger partial charge in [-0.15, -0.1) is 0 Å². The van der Waals surface area contributed by atoms with Crippen LogP contribution in [0.4, 0.5) is 4.79 Å². The van der Waals surface area contributed by atoms with Crippen molar-refractivity contribution in [1.29, 1.82) is 0 Å². The van der Waals surface area contributed by atoms with Crippen LogP contribution in [0.5, 0.6) is 0 Å². The first-order valence-corrected chi connectivity index (χ1v) is 7.97. The summed E-state index contributed by atoms with van der Waals surface area (Å²) in [5.41, 5.74) is 6.02. The van der Waals surface area contributed by atoms with Crippen LogP contribution in [-0.2, 0) is 25.7 Å². The van der Waals surface area contributed by atoms with Crippen LogP contribution in [0.15, 0.2) is 30.3 Å². The van der Waals surface area contributed by atoms with Gasteiger partial charge in [0.2, 0.25) is 11.8 Å². The van der Waals surface area contributed by atoms with Crippen LogP contribution in [-0.4, -0.2) is 36.3 Å². The Labute approximate surface area is 146 Å². The first kappa shape index (κ1) is 20.1. The van der Waals surface area contributed by atoms with Crippen molar-refractivity contribution in [3.8, 4) is 0 Å². The van der Waals surface area contributed by atoms with E-state index in [0.29, 0.717) is 6.42 Å². The molecule has 0 aromatic heterocycles. The van der Waals surface area contributed by atoms with E-state index in [9.17, 15) is 19.2 Å². The number of primary amides is 1. The molecule has 0 fully saturated rings. The fourth-order valence-corrected chi connectivity index (χ4v) is 1.94. The Morgan fingerprint density at radius 1 is 1.16 bits per heavy atom. The van der Waals surface area contributed by atoms with Crippen LogP contribution < -0.4 is 16.4 Å². The normalized spacial score (nSPS) is 11.2. The standard InChI is InChI=1S/C17H23N3O5/c1-2-13(21)8-9-14(16(18)23)20-15(22)10-19-17(24)25-11-12-6-4-3-5-7-12/h3-7,14H,2,8-11H2,1H3,(H2,18,23)(H,19,24)(H,20,22)/t14-/m0/s1. The third-order valence-corrected chi connectivity index (χ3v) is 3.39. The van der Waals surface area contributed by atoms with Crippen molar-refractivity contribution in [3.63, 3.8) is 0 Å². The van der Waals surface area contributed by atoms with Gasteiger partial charge in [-0.2, -0.15) is 0 Å². The zero-order valence-corrected chi connectivity index (χ0v) is 14.1. The minimum absolute atomic E-state index is 0.0249. The van der Waals surface area contributed by atoms with Crippen LogP contribution in [0.25, 0.3) is 0 Å². The van der Waals surface area contributed by atoms with E-state index in [4.69, 9.17) is 10.5 Å². The van der Waals surface area contributed by atoms with Crippen LogP contribution in [0, 0.1) is 0 Å². The molecule has 8 nitrogen and oxygen atoms in total. The van der Waals surface area contributed by atoms with Gasteiger partial charge in [-0.3, -0.25) is 14.4 Å². The van der Waals surface area contributed by atoms with E-state index in [1.54, 1.807) is 19.1 Å². The molecule has 0 radical (unpaired) electrons.